The molecule has 0 saturated carbocycles. The number of aromatic nitrogens is 2. The Bertz CT molecular complexity index is 1090. The molecule has 7 heteroatoms. The number of nitrogens with zero attached hydrogens (tertiary/aromatic N) is 3. The van der Waals surface area contributed by atoms with Gasteiger partial charge in [-0.3, -0.25) is 9.59 Å². The summed E-state index contributed by atoms with van der Waals surface area (Å²) < 4.78 is 1.36. The number of aryl methyl sites for hydroxylation is 1. The lowest BCUT2D eigenvalue weighted by Gasteiger charge is -2.10. The number of hydrazone groups is 1. The van der Waals surface area contributed by atoms with Gasteiger partial charge in [0.25, 0.3) is 11.5 Å². The number of benzene rings is 2. The van der Waals surface area contributed by atoms with Crippen LogP contribution in [0.15, 0.2) is 58.4 Å². The lowest BCUT2D eigenvalue weighted by molar-refractivity contribution is 0.0949. The first-order valence-corrected chi connectivity index (χ1v) is 9.49. The predicted octanol–water partition coefficient (Wildman–Crippen LogP) is 4.00. The van der Waals surface area contributed by atoms with Crippen LogP contribution in [-0.4, -0.2) is 21.4 Å². The quantitative estimate of drug-likeness (QED) is 0.505. The third-order valence-corrected chi connectivity index (χ3v) is 4.65. The number of hydrogen-bond donors (Lipinski definition) is 1. The molecule has 0 unspecified atom stereocenters. The molecule has 144 valence electrons. The number of unbranched alkanes of at least 4 members (excludes halogenated alkanes) is 1. The molecule has 1 aromatic heterocycles. The molecule has 0 aliphatic carbocycles. The van der Waals surface area contributed by atoms with Crippen LogP contribution in [-0.2, 0) is 6.54 Å². The summed E-state index contributed by atoms with van der Waals surface area (Å²) in [5.41, 5.74) is 4.01. The summed E-state index contributed by atoms with van der Waals surface area (Å²) in [4.78, 5) is 25.4. The Morgan fingerprint density at radius 2 is 1.82 bits per heavy atom. The Morgan fingerprint density at radius 1 is 1.14 bits per heavy atom. The van der Waals surface area contributed by atoms with Crippen LogP contribution in [0.25, 0.3) is 10.8 Å². The van der Waals surface area contributed by atoms with Crippen molar-refractivity contribution in [3.8, 4) is 0 Å². The number of amides is 1. The second-order valence-corrected chi connectivity index (χ2v) is 6.86. The van der Waals surface area contributed by atoms with Crippen LogP contribution in [0.2, 0.25) is 5.02 Å². The first-order valence-electron chi connectivity index (χ1n) is 9.11. The van der Waals surface area contributed by atoms with Crippen LogP contribution in [0.4, 0.5) is 0 Å². The van der Waals surface area contributed by atoms with Crippen LogP contribution >= 0.6 is 11.6 Å². The van der Waals surface area contributed by atoms with E-state index in [0.29, 0.717) is 28.1 Å². The van der Waals surface area contributed by atoms with E-state index in [0.717, 1.165) is 18.4 Å². The largest absolute Gasteiger partial charge is 0.292 e. The van der Waals surface area contributed by atoms with Crippen LogP contribution in [0, 0.1) is 0 Å². The van der Waals surface area contributed by atoms with Crippen molar-refractivity contribution in [3.63, 3.8) is 0 Å². The molecular weight excluding hydrogens is 376 g/mol. The number of carbonyl (C=O) groups excluding carboxylic acids is 1. The van der Waals surface area contributed by atoms with Gasteiger partial charge in [-0.2, -0.15) is 10.2 Å². The Kier molecular flexibility index (Phi) is 6.21. The van der Waals surface area contributed by atoms with E-state index < -0.39 is 5.91 Å². The van der Waals surface area contributed by atoms with Gasteiger partial charge in [0, 0.05) is 17.0 Å². The van der Waals surface area contributed by atoms with E-state index >= 15 is 0 Å². The number of rotatable bonds is 6. The van der Waals surface area contributed by atoms with Gasteiger partial charge in [-0.25, -0.2) is 10.1 Å². The van der Waals surface area contributed by atoms with Crippen molar-refractivity contribution < 1.29 is 4.79 Å². The molecule has 1 amide bonds. The first kappa shape index (κ1) is 19.8. The number of nitrogens with one attached hydrogen (secondary N) is 1. The lowest BCUT2D eigenvalue weighted by Crippen LogP contribution is -2.29. The molecule has 0 saturated heterocycles. The highest BCUT2D eigenvalue weighted by molar-refractivity contribution is 6.30. The topological polar surface area (TPSA) is 76.3 Å². The minimum atomic E-state index is -0.463. The molecule has 2 aromatic carbocycles. The molecular formula is C21H21ClN4O2. The Labute approximate surface area is 167 Å². The van der Waals surface area contributed by atoms with Gasteiger partial charge >= 0.3 is 0 Å². The van der Waals surface area contributed by atoms with E-state index in [4.69, 9.17) is 11.6 Å². The smallest absolute Gasteiger partial charge is 0.267 e. The number of fused-ring (bicyclic) bond motifs is 1. The summed E-state index contributed by atoms with van der Waals surface area (Å²) in [5, 5.41) is 10.1. The highest BCUT2D eigenvalue weighted by Gasteiger charge is 2.16. The summed E-state index contributed by atoms with van der Waals surface area (Å²) in [5.74, 6) is -0.463. The van der Waals surface area contributed by atoms with E-state index in [1.807, 2.05) is 19.1 Å². The molecule has 6 nitrogen and oxygen atoms in total. The van der Waals surface area contributed by atoms with Gasteiger partial charge < -0.3 is 0 Å². The number of carbonyl (C=O) groups is 1. The zero-order valence-electron chi connectivity index (χ0n) is 15.8. The second-order valence-electron chi connectivity index (χ2n) is 6.42. The van der Waals surface area contributed by atoms with Gasteiger partial charge in [-0.15, -0.1) is 0 Å². The van der Waals surface area contributed by atoms with Gasteiger partial charge in [0.05, 0.1) is 11.1 Å². The maximum atomic E-state index is 12.8. The van der Waals surface area contributed by atoms with Gasteiger partial charge in [0.1, 0.15) is 0 Å². The molecule has 0 aliphatic rings. The Morgan fingerprint density at radius 3 is 2.50 bits per heavy atom. The summed E-state index contributed by atoms with van der Waals surface area (Å²) in [6, 6.07) is 14.2. The zero-order chi connectivity index (χ0) is 20.1. The molecule has 3 aromatic rings. The van der Waals surface area contributed by atoms with Crippen molar-refractivity contribution in [1.82, 2.24) is 15.2 Å². The number of hydrogen-bond acceptors (Lipinski definition) is 4. The van der Waals surface area contributed by atoms with E-state index in [1.165, 1.54) is 4.68 Å². The fraction of sp³-hybridized carbons (Fsp3) is 0.238. The van der Waals surface area contributed by atoms with E-state index in [2.05, 4.69) is 15.6 Å². The fourth-order valence-corrected chi connectivity index (χ4v) is 2.93. The van der Waals surface area contributed by atoms with Gasteiger partial charge in [-0.05, 0) is 37.1 Å². The first-order chi connectivity index (χ1) is 13.5. The standard InChI is InChI=1S/C21H21ClN4O2/c1-3-4-13-26-21(28)18-8-6-5-7-17(18)19(25-26)20(27)24-23-14(2)15-9-11-16(22)12-10-15/h5-12H,3-4,13H2,1-2H3,(H,24,27)/b23-14-. The van der Waals surface area contributed by atoms with Crippen molar-refractivity contribution in [2.75, 3.05) is 0 Å². The van der Waals surface area contributed by atoms with Gasteiger partial charge in [-0.1, -0.05) is 55.3 Å². The molecule has 0 bridgehead atoms. The van der Waals surface area contributed by atoms with Crippen LogP contribution in [0.3, 0.4) is 0 Å². The predicted molar refractivity (Wildman–Crippen MR) is 112 cm³/mol. The third-order valence-electron chi connectivity index (χ3n) is 4.39. The SMILES string of the molecule is CCCCn1nc(C(=O)N/N=C(/C)c2ccc(Cl)cc2)c2ccccc2c1=O. The molecule has 3 rings (SSSR count). The Balaban J connectivity index is 1.94. The minimum absolute atomic E-state index is 0.180. The second kappa shape index (κ2) is 8.80. The van der Waals surface area contributed by atoms with E-state index in [1.54, 1.807) is 43.3 Å². The van der Waals surface area contributed by atoms with Crippen molar-refractivity contribution in [2.45, 2.75) is 33.2 Å². The molecule has 1 heterocycles. The van der Waals surface area contributed by atoms with Gasteiger partial charge in [0.15, 0.2) is 5.69 Å². The summed E-state index contributed by atoms with van der Waals surface area (Å²) >= 11 is 5.90. The van der Waals surface area contributed by atoms with Crippen LogP contribution in [0.1, 0.15) is 42.7 Å². The van der Waals surface area contributed by atoms with Crippen molar-refractivity contribution in [3.05, 3.63) is 75.2 Å². The summed E-state index contributed by atoms with van der Waals surface area (Å²) in [7, 11) is 0. The van der Waals surface area contributed by atoms with E-state index in [9.17, 15) is 9.59 Å². The molecule has 0 atom stereocenters. The molecule has 28 heavy (non-hydrogen) atoms. The van der Waals surface area contributed by atoms with Gasteiger partial charge in [0.2, 0.25) is 0 Å². The molecule has 0 fully saturated rings. The normalized spacial score (nSPS) is 11.6. The maximum Gasteiger partial charge on any atom is 0.292 e. The van der Waals surface area contributed by atoms with Crippen molar-refractivity contribution in [2.24, 2.45) is 5.10 Å². The van der Waals surface area contributed by atoms with Crippen molar-refractivity contribution >= 4 is 34.0 Å². The highest BCUT2D eigenvalue weighted by Crippen LogP contribution is 2.14. The summed E-state index contributed by atoms with van der Waals surface area (Å²) in [6.07, 6.45) is 1.73. The average molecular weight is 397 g/mol. The molecule has 1 N–H and O–H groups in total. The highest BCUT2D eigenvalue weighted by atomic mass is 35.5. The summed E-state index contributed by atoms with van der Waals surface area (Å²) in [6.45, 7) is 4.29. The third kappa shape index (κ3) is 4.28. The Hall–Kier alpha value is -2.99. The van der Waals surface area contributed by atoms with Crippen LogP contribution in [0.5, 0.6) is 0 Å². The van der Waals surface area contributed by atoms with Crippen LogP contribution < -0.4 is 11.0 Å². The monoisotopic (exact) mass is 396 g/mol. The number of halogens is 1. The van der Waals surface area contributed by atoms with E-state index in [-0.39, 0.29) is 11.3 Å². The fourth-order valence-electron chi connectivity index (χ4n) is 2.81. The molecule has 0 spiro atoms. The molecule has 0 radical (unpaired) electrons. The zero-order valence-corrected chi connectivity index (χ0v) is 16.5. The lowest BCUT2D eigenvalue weighted by atomic mass is 10.1. The van der Waals surface area contributed by atoms with Crippen molar-refractivity contribution in [1.29, 1.82) is 0 Å². The maximum absolute atomic E-state index is 12.8. The average Bonchev–Trinajstić information content (AvgIpc) is 2.72. The molecule has 0 aliphatic heterocycles. The minimum Gasteiger partial charge on any atom is -0.267 e.